The highest BCUT2D eigenvalue weighted by Crippen LogP contribution is 2.32. The van der Waals surface area contributed by atoms with Crippen LogP contribution in [0, 0.1) is 18.3 Å². The van der Waals surface area contributed by atoms with E-state index in [0.717, 1.165) is 12.8 Å². The van der Waals surface area contributed by atoms with E-state index in [9.17, 15) is 4.79 Å². The summed E-state index contributed by atoms with van der Waals surface area (Å²) < 4.78 is 4.76. The lowest BCUT2D eigenvalue weighted by Crippen LogP contribution is -2.27. The molecule has 2 atom stereocenters. The van der Waals surface area contributed by atoms with Crippen LogP contribution >= 0.6 is 0 Å². The molecule has 1 saturated carbocycles. The smallest absolute Gasteiger partial charge is 0.308 e. The topological polar surface area (TPSA) is 26.3 Å². The third-order valence-electron chi connectivity index (χ3n) is 2.75. The maximum atomic E-state index is 11.3. The van der Waals surface area contributed by atoms with E-state index >= 15 is 0 Å². The van der Waals surface area contributed by atoms with Crippen molar-refractivity contribution in [3.05, 3.63) is 6.42 Å². The van der Waals surface area contributed by atoms with Gasteiger partial charge in [0.05, 0.1) is 13.0 Å². The summed E-state index contributed by atoms with van der Waals surface area (Å²) in [4.78, 5) is 11.3. The van der Waals surface area contributed by atoms with Crippen LogP contribution in [0.15, 0.2) is 0 Å². The molecule has 0 saturated heterocycles. The molecule has 1 fully saturated rings. The van der Waals surface area contributed by atoms with Crippen molar-refractivity contribution in [2.24, 2.45) is 11.8 Å². The maximum absolute atomic E-state index is 11.3. The van der Waals surface area contributed by atoms with Crippen molar-refractivity contribution >= 4 is 5.97 Å². The summed E-state index contributed by atoms with van der Waals surface area (Å²) in [7, 11) is 1.48. The van der Waals surface area contributed by atoms with Crippen LogP contribution in [0.25, 0.3) is 0 Å². The van der Waals surface area contributed by atoms with Gasteiger partial charge in [0.2, 0.25) is 0 Å². The number of rotatable bonds is 2. The third kappa shape index (κ3) is 1.99. The Morgan fingerprint density at radius 1 is 1.42 bits per heavy atom. The van der Waals surface area contributed by atoms with Gasteiger partial charge in [-0.2, -0.15) is 0 Å². The third-order valence-corrected chi connectivity index (χ3v) is 2.75. The van der Waals surface area contributed by atoms with Crippen molar-refractivity contribution in [3.63, 3.8) is 0 Å². The predicted octanol–water partition coefficient (Wildman–Crippen LogP) is 2.19. The Bertz CT molecular complexity index is 154. The van der Waals surface area contributed by atoms with Gasteiger partial charge in [0.15, 0.2) is 0 Å². The average Bonchev–Trinajstić information content (AvgIpc) is 2.16. The molecule has 12 heavy (non-hydrogen) atoms. The molecule has 0 amide bonds. The van der Waals surface area contributed by atoms with E-state index < -0.39 is 0 Å². The first kappa shape index (κ1) is 9.56. The van der Waals surface area contributed by atoms with Crippen molar-refractivity contribution < 1.29 is 9.53 Å². The molecule has 0 aromatic rings. The first-order chi connectivity index (χ1) is 5.79. The van der Waals surface area contributed by atoms with E-state index in [-0.39, 0.29) is 11.9 Å². The molecule has 0 aliphatic heterocycles. The van der Waals surface area contributed by atoms with Crippen LogP contribution in [-0.2, 0) is 9.53 Å². The summed E-state index contributed by atoms with van der Waals surface area (Å²) >= 11 is 0. The molecule has 2 unspecified atom stereocenters. The number of ether oxygens (including phenoxy) is 1. The fourth-order valence-corrected chi connectivity index (χ4v) is 2.00. The van der Waals surface area contributed by atoms with E-state index in [0.29, 0.717) is 5.92 Å². The molecule has 1 rings (SSSR count). The molecule has 0 bridgehead atoms. The summed E-state index contributed by atoms with van der Waals surface area (Å²) in [6.07, 6.45) is 6.71. The fourth-order valence-electron chi connectivity index (χ4n) is 2.00. The monoisotopic (exact) mass is 169 g/mol. The van der Waals surface area contributed by atoms with Gasteiger partial charge in [-0.25, -0.2) is 0 Å². The zero-order chi connectivity index (χ0) is 8.97. The normalized spacial score (nSPS) is 29.8. The Kier molecular flexibility index (Phi) is 3.57. The minimum atomic E-state index is -0.0298. The van der Waals surface area contributed by atoms with E-state index in [1.807, 2.05) is 6.92 Å². The molecular weight excluding hydrogens is 152 g/mol. The molecule has 0 N–H and O–H groups in total. The zero-order valence-corrected chi connectivity index (χ0v) is 7.88. The van der Waals surface area contributed by atoms with Gasteiger partial charge in [-0.1, -0.05) is 19.8 Å². The Labute approximate surface area is 74.3 Å². The van der Waals surface area contributed by atoms with Crippen LogP contribution in [0.4, 0.5) is 0 Å². The molecule has 1 aliphatic rings. The van der Waals surface area contributed by atoms with Crippen molar-refractivity contribution in [3.8, 4) is 0 Å². The highest BCUT2D eigenvalue weighted by molar-refractivity contribution is 5.72. The summed E-state index contributed by atoms with van der Waals surface area (Å²) in [5.41, 5.74) is 0. The van der Waals surface area contributed by atoms with E-state index in [1.165, 1.54) is 20.0 Å². The van der Waals surface area contributed by atoms with Crippen molar-refractivity contribution in [2.75, 3.05) is 7.11 Å². The van der Waals surface area contributed by atoms with Gasteiger partial charge < -0.3 is 4.74 Å². The average molecular weight is 169 g/mol. The first-order valence-electron chi connectivity index (χ1n) is 4.67. The van der Waals surface area contributed by atoms with Gasteiger partial charge in [0.1, 0.15) is 0 Å². The highest BCUT2D eigenvalue weighted by Gasteiger charge is 2.30. The zero-order valence-electron chi connectivity index (χ0n) is 7.88. The van der Waals surface area contributed by atoms with Gasteiger partial charge in [-0.15, -0.1) is 0 Å². The van der Waals surface area contributed by atoms with Crippen LogP contribution < -0.4 is 0 Å². The van der Waals surface area contributed by atoms with Crippen LogP contribution in [-0.4, -0.2) is 13.1 Å². The van der Waals surface area contributed by atoms with Crippen molar-refractivity contribution in [2.45, 2.75) is 32.6 Å². The Balaban J connectivity index is 2.52. The summed E-state index contributed by atoms with van der Waals surface area (Å²) in [5, 5.41) is 0. The van der Waals surface area contributed by atoms with Gasteiger partial charge in [0.25, 0.3) is 0 Å². The number of hydrogen-bond donors (Lipinski definition) is 0. The lowest BCUT2D eigenvalue weighted by molar-refractivity contribution is -0.148. The van der Waals surface area contributed by atoms with E-state index in [1.54, 1.807) is 0 Å². The maximum Gasteiger partial charge on any atom is 0.308 e. The second-order valence-corrected chi connectivity index (χ2v) is 3.41. The highest BCUT2D eigenvalue weighted by atomic mass is 16.5. The van der Waals surface area contributed by atoms with E-state index in [4.69, 9.17) is 4.74 Å². The molecule has 2 heteroatoms. The lowest BCUT2D eigenvalue weighted by atomic mass is 9.78. The molecule has 2 nitrogen and oxygen atoms in total. The second kappa shape index (κ2) is 4.48. The molecule has 0 aromatic carbocycles. The van der Waals surface area contributed by atoms with Crippen LogP contribution in [0.5, 0.6) is 0 Å². The largest absolute Gasteiger partial charge is 0.469 e. The summed E-state index contributed by atoms with van der Waals surface area (Å²) in [5.74, 6) is 0.553. The molecule has 1 aliphatic carbocycles. The fraction of sp³-hybridized carbons (Fsp3) is 0.800. The van der Waals surface area contributed by atoms with Gasteiger partial charge in [-0.3, -0.25) is 4.79 Å². The standard InChI is InChI=1S/C10H17O2/c1-3-8-6-4-5-7-9(8)10(11)12-2/h3,8-9H,4-7H2,1-2H3. The lowest BCUT2D eigenvalue weighted by Gasteiger charge is -2.28. The first-order valence-corrected chi connectivity index (χ1v) is 4.67. The van der Waals surface area contributed by atoms with E-state index in [2.05, 4.69) is 6.42 Å². The number of hydrogen-bond acceptors (Lipinski definition) is 2. The molecule has 69 valence electrons. The predicted molar refractivity (Wildman–Crippen MR) is 47.4 cm³/mol. The van der Waals surface area contributed by atoms with Crippen molar-refractivity contribution in [1.29, 1.82) is 0 Å². The van der Waals surface area contributed by atoms with Gasteiger partial charge >= 0.3 is 5.97 Å². The SMILES string of the molecule is C[CH]C1CCCCC1C(=O)OC. The minimum absolute atomic E-state index is 0.0298. The Morgan fingerprint density at radius 3 is 2.67 bits per heavy atom. The number of carbonyl (C=O) groups excluding carboxylic acids is 1. The van der Waals surface area contributed by atoms with Crippen molar-refractivity contribution in [1.82, 2.24) is 0 Å². The molecule has 0 spiro atoms. The number of carbonyl (C=O) groups is 1. The molecule has 0 aromatic heterocycles. The number of esters is 1. The Morgan fingerprint density at radius 2 is 2.08 bits per heavy atom. The molecule has 1 radical (unpaired) electrons. The molecule has 0 heterocycles. The van der Waals surface area contributed by atoms with Gasteiger partial charge in [-0.05, 0) is 25.2 Å². The van der Waals surface area contributed by atoms with Crippen LogP contribution in [0.1, 0.15) is 32.6 Å². The number of methoxy groups -OCH3 is 1. The Hall–Kier alpha value is -0.530. The van der Waals surface area contributed by atoms with Crippen LogP contribution in [0.2, 0.25) is 0 Å². The quantitative estimate of drug-likeness (QED) is 0.592. The molecular formula is C10H17O2. The second-order valence-electron chi connectivity index (χ2n) is 3.41. The summed E-state index contributed by atoms with van der Waals surface area (Å²) in [6, 6.07) is 0. The summed E-state index contributed by atoms with van der Waals surface area (Å²) in [6.45, 7) is 2.03. The van der Waals surface area contributed by atoms with Gasteiger partial charge in [0, 0.05) is 0 Å². The minimum Gasteiger partial charge on any atom is -0.469 e. The van der Waals surface area contributed by atoms with Crippen LogP contribution in [0.3, 0.4) is 0 Å².